The van der Waals surface area contributed by atoms with Gasteiger partial charge in [-0.05, 0) is 152 Å². The summed E-state index contributed by atoms with van der Waals surface area (Å²) in [6.07, 6.45) is 12.2. The Labute approximate surface area is 282 Å². The summed E-state index contributed by atoms with van der Waals surface area (Å²) in [4.78, 5) is 27.4. The SMILES string of the molecule is CC(C)CCCC(C)C1CCC2C3CC(C(=O)Oc4ccc(N)cc4)C4CC(OC(=O)c5ccc(N)cc5)CCC4(C)C3CCC12C. The Morgan fingerprint density at radius 3 is 2.11 bits per heavy atom. The number of fused-ring (bicyclic) bond motifs is 5. The van der Waals surface area contributed by atoms with Crippen LogP contribution in [0.4, 0.5) is 11.4 Å². The fourth-order valence-corrected chi connectivity index (χ4v) is 11.3. The van der Waals surface area contributed by atoms with Crippen LogP contribution in [0, 0.1) is 58.2 Å². The zero-order valence-electron chi connectivity index (χ0n) is 29.4. The molecule has 0 bridgehead atoms. The third kappa shape index (κ3) is 6.68. The number of nitrogens with two attached hydrogens (primary N) is 2. The fraction of sp³-hybridized carbons (Fsp3) is 0.659. The van der Waals surface area contributed by atoms with Gasteiger partial charge in [-0.15, -0.1) is 0 Å². The highest BCUT2D eigenvalue weighted by Crippen LogP contribution is 2.69. The zero-order valence-corrected chi connectivity index (χ0v) is 29.4. The molecule has 6 nitrogen and oxygen atoms in total. The van der Waals surface area contributed by atoms with E-state index in [-0.39, 0.29) is 35.3 Å². The van der Waals surface area contributed by atoms with Crippen LogP contribution < -0.4 is 16.2 Å². The van der Waals surface area contributed by atoms with Crippen molar-refractivity contribution in [1.82, 2.24) is 0 Å². The smallest absolute Gasteiger partial charge is 0.338 e. The first-order valence-corrected chi connectivity index (χ1v) is 18.5. The van der Waals surface area contributed by atoms with E-state index in [1.54, 1.807) is 48.5 Å². The molecule has 6 heteroatoms. The molecule has 2 aromatic rings. The van der Waals surface area contributed by atoms with Gasteiger partial charge in [-0.2, -0.15) is 0 Å². The first kappa shape index (κ1) is 33.9. The lowest BCUT2D eigenvalue weighted by atomic mass is 9.42. The van der Waals surface area contributed by atoms with E-state index in [1.165, 1.54) is 44.9 Å². The van der Waals surface area contributed by atoms with Crippen molar-refractivity contribution >= 4 is 23.3 Å². The van der Waals surface area contributed by atoms with E-state index in [4.69, 9.17) is 20.9 Å². The standard InChI is InChI=1S/C41H58N2O4/c1-25(2)7-6-8-26(3)34-17-18-35-32-24-33(39(45)46-30-15-13-29(43)14-16-30)37-23-31(47-38(44)27-9-11-28(42)12-10-27)19-21-41(37,5)36(32)20-22-40(34,35)4/h9-16,25-26,31-37H,6-8,17-24,42-43H2,1-5H3. The summed E-state index contributed by atoms with van der Waals surface area (Å²) in [5, 5.41) is 0. The highest BCUT2D eigenvalue weighted by Gasteiger charge is 2.63. The van der Waals surface area contributed by atoms with Gasteiger partial charge in [0.1, 0.15) is 11.9 Å². The zero-order chi connectivity index (χ0) is 33.5. The van der Waals surface area contributed by atoms with Crippen LogP contribution in [0.5, 0.6) is 5.75 Å². The van der Waals surface area contributed by atoms with Crippen LogP contribution in [0.2, 0.25) is 0 Å². The predicted molar refractivity (Wildman–Crippen MR) is 188 cm³/mol. The maximum absolute atomic E-state index is 14.3. The Balaban J connectivity index is 1.24. The van der Waals surface area contributed by atoms with Gasteiger partial charge in [0.2, 0.25) is 0 Å². The van der Waals surface area contributed by atoms with Gasteiger partial charge >= 0.3 is 11.9 Å². The Bertz CT molecular complexity index is 1410. The van der Waals surface area contributed by atoms with Crippen molar-refractivity contribution in [2.75, 3.05) is 11.5 Å². The van der Waals surface area contributed by atoms with Crippen molar-refractivity contribution in [3.05, 3.63) is 54.1 Å². The minimum atomic E-state index is -0.318. The van der Waals surface area contributed by atoms with E-state index in [1.807, 2.05) is 0 Å². The van der Waals surface area contributed by atoms with Gasteiger partial charge in [-0.1, -0.05) is 53.9 Å². The summed E-state index contributed by atoms with van der Waals surface area (Å²) >= 11 is 0. The van der Waals surface area contributed by atoms with Gasteiger partial charge in [0.05, 0.1) is 11.5 Å². The molecule has 4 aliphatic rings. The molecule has 47 heavy (non-hydrogen) atoms. The van der Waals surface area contributed by atoms with Gasteiger partial charge in [0, 0.05) is 11.4 Å². The number of hydrogen-bond acceptors (Lipinski definition) is 6. The van der Waals surface area contributed by atoms with Crippen molar-refractivity contribution in [2.45, 2.75) is 111 Å². The van der Waals surface area contributed by atoms with Crippen LogP contribution in [-0.2, 0) is 9.53 Å². The van der Waals surface area contributed by atoms with Crippen molar-refractivity contribution < 1.29 is 19.1 Å². The first-order valence-electron chi connectivity index (χ1n) is 18.5. The second-order valence-corrected chi connectivity index (χ2v) is 16.8. The molecule has 0 spiro atoms. The lowest BCUT2D eigenvalue weighted by Gasteiger charge is -2.62. The topological polar surface area (TPSA) is 105 Å². The molecule has 0 aliphatic heterocycles. The summed E-state index contributed by atoms with van der Waals surface area (Å²) < 4.78 is 12.3. The van der Waals surface area contributed by atoms with Gasteiger partial charge in [-0.3, -0.25) is 4.79 Å². The Kier molecular flexibility index (Phi) is 9.71. The predicted octanol–water partition coefficient (Wildman–Crippen LogP) is 9.33. The number of carbonyl (C=O) groups is 2. The van der Waals surface area contributed by atoms with E-state index in [0.29, 0.717) is 52.3 Å². The maximum Gasteiger partial charge on any atom is 0.338 e. The number of anilines is 2. The molecule has 256 valence electrons. The maximum atomic E-state index is 14.3. The Hall–Kier alpha value is -3.02. The van der Waals surface area contributed by atoms with Crippen LogP contribution in [0.3, 0.4) is 0 Å². The van der Waals surface area contributed by atoms with Gasteiger partial charge in [0.15, 0.2) is 0 Å². The Morgan fingerprint density at radius 2 is 1.43 bits per heavy atom. The monoisotopic (exact) mass is 642 g/mol. The van der Waals surface area contributed by atoms with E-state index in [0.717, 1.165) is 37.0 Å². The number of esters is 2. The van der Waals surface area contributed by atoms with E-state index in [9.17, 15) is 9.59 Å². The van der Waals surface area contributed by atoms with Gasteiger partial charge in [-0.25, -0.2) is 4.79 Å². The molecule has 0 radical (unpaired) electrons. The fourth-order valence-electron chi connectivity index (χ4n) is 11.3. The molecule has 0 amide bonds. The second kappa shape index (κ2) is 13.5. The number of hydrogen-bond donors (Lipinski definition) is 2. The molecule has 10 unspecified atom stereocenters. The third-order valence-corrected chi connectivity index (χ3v) is 13.7. The van der Waals surface area contributed by atoms with Crippen molar-refractivity contribution in [1.29, 1.82) is 0 Å². The molecule has 4 aliphatic carbocycles. The highest BCUT2D eigenvalue weighted by molar-refractivity contribution is 5.89. The second-order valence-electron chi connectivity index (χ2n) is 16.8. The molecule has 0 aromatic heterocycles. The average Bonchev–Trinajstić information content (AvgIpc) is 3.39. The van der Waals surface area contributed by atoms with Crippen molar-refractivity contribution in [3.8, 4) is 5.75 Å². The minimum absolute atomic E-state index is 0.000121. The van der Waals surface area contributed by atoms with Gasteiger partial charge < -0.3 is 20.9 Å². The van der Waals surface area contributed by atoms with Crippen molar-refractivity contribution in [3.63, 3.8) is 0 Å². The van der Waals surface area contributed by atoms with E-state index in [2.05, 4.69) is 34.6 Å². The van der Waals surface area contributed by atoms with Crippen molar-refractivity contribution in [2.24, 2.45) is 58.2 Å². The Morgan fingerprint density at radius 1 is 0.787 bits per heavy atom. The molecule has 4 saturated carbocycles. The summed E-state index contributed by atoms with van der Waals surface area (Å²) in [5.74, 6) is 3.95. The molecule has 10 atom stereocenters. The van der Waals surface area contributed by atoms with E-state index < -0.39 is 0 Å². The van der Waals surface area contributed by atoms with Gasteiger partial charge in [0.25, 0.3) is 0 Å². The van der Waals surface area contributed by atoms with Crippen LogP contribution in [-0.4, -0.2) is 18.0 Å². The quantitative estimate of drug-likeness (QED) is 0.160. The summed E-state index contributed by atoms with van der Waals surface area (Å²) in [6, 6.07) is 14.1. The average molecular weight is 643 g/mol. The summed E-state index contributed by atoms with van der Waals surface area (Å²) in [7, 11) is 0. The molecule has 0 heterocycles. The van der Waals surface area contributed by atoms with Crippen LogP contribution in [0.1, 0.15) is 116 Å². The first-order chi connectivity index (χ1) is 22.4. The number of ether oxygens (including phenoxy) is 2. The van der Waals surface area contributed by atoms with Crippen LogP contribution in [0.25, 0.3) is 0 Å². The number of nitrogen functional groups attached to an aromatic ring is 2. The molecule has 4 N–H and O–H groups in total. The number of rotatable bonds is 9. The molecule has 0 saturated heterocycles. The molecule has 2 aromatic carbocycles. The molecule has 4 fully saturated rings. The van der Waals surface area contributed by atoms with Crippen LogP contribution in [0.15, 0.2) is 48.5 Å². The lowest BCUT2D eigenvalue weighted by Crippen LogP contribution is -2.58. The summed E-state index contributed by atoms with van der Waals surface area (Å²) in [6.45, 7) is 12.3. The lowest BCUT2D eigenvalue weighted by molar-refractivity contribution is -0.174. The minimum Gasteiger partial charge on any atom is -0.459 e. The highest BCUT2D eigenvalue weighted by atomic mass is 16.5. The van der Waals surface area contributed by atoms with Crippen LogP contribution >= 0.6 is 0 Å². The molecule has 6 rings (SSSR count). The number of carbonyl (C=O) groups excluding carboxylic acids is 2. The largest absolute Gasteiger partial charge is 0.459 e. The summed E-state index contributed by atoms with van der Waals surface area (Å²) in [5.41, 5.74) is 13.9. The molecular formula is C41H58N2O4. The third-order valence-electron chi connectivity index (χ3n) is 13.7. The van der Waals surface area contributed by atoms with E-state index >= 15 is 0 Å². The number of benzene rings is 2. The normalized spacial score (nSPS) is 35.3. The molecular weight excluding hydrogens is 584 g/mol.